The summed E-state index contributed by atoms with van der Waals surface area (Å²) >= 11 is 0. The molecule has 3 aromatic heterocycles. The van der Waals surface area contributed by atoms with Crippen LogP contribution in [0.5, 0.6) is 0 Å². The summed E-state index contributed by atoms with van der Waals surface area (Å²) < 4.78 is 8.97. The third-order valence-electron chi connectivity index (χ3n) is 10.7. The minimum atomic E-state index is 0.602. The van der Waals surface area contributed by atoms with Gasteiger partial charge in [-0.2, -0.15) is 0 Å². The lowest BCUT2D eigenvalue weighted by Gasteiger charge is -2.11. The van der Waals surface area contributed by atoms with Crippen LogP contribution in [0.2, 0.25) is 0 Å². The van der Waals surface area contributed by atoms with E-state index in [1.807, 2.05) is 72.8 Å². The molecular weight excluding hydrogens is 685 g/mol. The van der Waals surface area contributed by atoms with E-state index in [0.29, 0.717) is 17.5 Å². The predicted molar refractivity (Wildman–Crippen MR) is 229 cm³/mol. The minimum Gasteiger partial charge on any atom is -0.456 e. The second-order valence-corrected chi connectivity index (χ2v) is 14.0. The summed E-state index contributed by atoms with van der Waals surface area (Å²) in [5.74, 6) is 1.86. The molecule has 0 amide bonds. The molecule has 5 heteroatoms. The van der Waals surface area contributed by atoms with Crippen LogP contribution in [-0.4, -0.2) is 19.5 Å². The van der Waals surface area contributed by atoms with Gasteiger partial charge >= 0.3 is 0 Å². The Bertz CT molecular complexity index is 3070. The Balaban J connectivity index is 1.14. The molecule has 56 heavy (non-hydrogen) atoms. The zero-order valence-corrected chi connectivity index (χ0v) is 30.2. The van der Waals surface area contributed by atoms with Gasteiger partial charge in [-0.05, 0) is 76.9 Å². The van der Waals surface area contributed by atoms with Gasteiger partial charge in [-0.25, -0.2) is 15.0 Å². The van der Waals surface area contributed by atoms with Crippen molar-refractivity contribution in [2.75, 3.05) is 0 Å². The van der Waals surface area contributed by atoms with Crippen molar-refractivity contribution >= 4 is 43.7 Å². The van der Waals surface area contributed by atoms with Gasteiger partial charge in [0, 0.05) is 32.8 Å². The van der Waals surface area contributed by atoms with Gasteiger partial charge in [0.05, 0.1) is 22.1 Å². The van der Waals surface area contributed by atoms with Crippen LogP contribution in [0.4, 0.5) is 0 Å². The molecule has 3 heterocycles. The van der Waals surface area contributed by atoms with Gasteiger partial charge in [0.15, 0.2) is 17.5 Å². The summed E-state index contributed by atoms with van der Waals surface area (Å²) in [6.45, 7) is 0. The van der Waals surface area contributed by atoms with Crippen LogP contribution in [0.25, 0.3) is 106 Å². The highest BCUT2D eigenvalue weighted by Crippen LogP contribution is 2.42. The van der Waals surface area contributed by atoms with Crippen LogP contribution in [0, 0.1) is 0 Å². The Labute approximate surface area is 322 Å². The average molecular weight is 717 g/mol. The van der Waals surface area contributed by atoms with Crippen LogP contribution in [0.15, 0.2) is 199 Å². The first-order valence-corrected chi connectivity index (χ1v) is 18.8. The van der Waals surface area contributed by atoms with Crippen LogP contribution in [-0.2, 0) is 0 Å². The average Bonchev–Trinajstić information content (AvgIpc) is 3.82. The maximum absolute atomic E-state index is 6.58. The number of nitrogens with zero attached hydrogens (tertiary/aromatic N) is 4. The summed E-state index contributed by atoms with van der Waals surface area (Å²) in [5.41, 5.74) is 12.4. The number of aromatic nitrogens is 4. The maximum atomic E-state index is 6.58. The van der Waals surface area contributed by atoms with Gasteiger partial charge in [0.1, 0.15) is 11.2 Å². The molecule has 0 bridgehead atoms. The first-order chi connectivity index (χ1) is 27.7. The van der Waals surface area contributed by atoms with E-state index in [1.54, 1.807) is 0 Å². The first-order valence-electron chi connectivity index (χ1n) is 18.8. The van der Waals surface area contributed by atoms with Crippen molar-refractivity contribution in [3.05, 3.63) is 194 Å². The molecule has 262 valence electrons. The fourth-order valence-corrected chi connectivity index (χ4v) is 7.97. The van der Waals surface area contributed by atoms with E-state index in [2.05, 4.69) is 126 Å². The molecule has 11 rings (SSSR count). The van der Waals surface area contributed by atoms with E-state index in [9.17, 15) is 0 Å². The standard InChI is InChI=1S/C51H32N4O/c1-5-14-33(15-6-1)37-24-27-43-40(30-37)41-31-38(34-16-7-2-8-17-34)25-28-44(41)55(43)45-22-13-23-47-48(45)42-32-39(26-29-46(42)56-47)51-53-49(35-18-9-3-10-19-35)52-50(54-51)36-20-11-4-12-21-36/h1-32H. The highest BCUT2D eigenvalue weighted by molar-refractivity contribution is 6.16. The summed E-state index contributed by atoms with van der Waals surface area (Å²) in [6, 6.07) is 67.5. The molecule has 11 aromatic rings. The molecule has 0 spiro atoms. The van der Waals surface area contributed by atoms with Gasteiger partial charge in [0.2, 0.25) is 0 Å². The number of hydrogen-bond donors (Lipinski definition) is 0. The lowest BCUT2D eigenvalue weighted by Crippen LogP contribution is -2.00. The van der Waals surface area contributed by atoms with Crippen LogP contribution < -0.4 is 0 Å². The Morgan fingerprint density at radius 2 is 0.768 bits per heavy atom. The molecule has 0 atom stereocenters. The second-order valence-electron chi connectivity index (χ2n) is 14.0. The topological polar surface area (TPSA) is 56.7 Å². The molecule has 0 radical (unpaired) electrons. The SMILES string of the molecule is c1ccc(-c2ccc3c(c2)c2cc(-c4ccccc4)ccc2n3-c2cccc3oc4ccc(-c5nc(-c6ccccc6)nc(-c6ccccc6)n5)cc4c23)cc1. The fraction of sp³-hybridized carbons (Fsp3) is 0. The number of fused-ring (bicyclic) bond motifs is 6. The molecule has 0 saturated heterocycles. The van der Waals surface area contributed by atoms with E-state index < -0.39 is 0 Å². The van der Waals surface area contributed by atoms with Crippen molar-refractivity contribution in [2.24, 2.45) is 0 Å². The second kappa shape index (κ2) is 13.0. The van der Waals surface area contributed by atoms with Crippen molar-refractivity contribution < 1.29 is 4.42 Å². The number of benzene rings is 8. The van der Waals surface area contributed by atoms with Crippen LogP contribution >= 0.6 is 0 Å². The van der Waals surface area contributed by atoms with Crippen molar-refractivity contribution in [1.29, 1.82) is 0 Å². The Kier molecular flexibility index (Phi) is 7.42. The molecule has 0 fully saturated rings. The molecule has 0 aliphatic carbocycles. The number of rotatable bonds is 6. The molecule has 0 aliphatic rings. The predicted octanol–water partition coefficient (Wildman–Crippen LogP) is 13.2. The van der Waals surface area contributed by atoms with Crippen molar-refractivity contribution in [2.45, 2.75) is 0 Å². The summed E-state index contributed by atoms with van der Waals surface area (Å²) in [7, 11) is 0. The largest absolute Gasteiger partial charge is 0.456 e. The van der Waals surface area contributed by atoms with E-state index >= 15 is 0 Å². The number of furan rings is 1. The molecule has 5 nitrogen and oxygen atoms in total. The number of hydrogen-bond acceptors (Lipinski definition) is 4. The smallest absolute Gasteiger partial charge is 0.164 e. The zero-order valence-electron chi connectivity index (χ0n) is 30.2. The lowest BCUT2D eigenvalue weighted by molar-refractivity contribution is 0.669. The van der Waals surface area contributed by atoms with Crippen LogP contribution in [0.1, 0.15) is 0 Å². The van der Waals surface area contributed by atoms with Gasteiger partial charge < -0.3 is 8.98 Å². The highest BCUT2D eigenvalue weighted by Gasteiger charge is 2.20. The third-order valence-corrected chi connectivity index (χ3v) is 10.7. The van der Waals surface area contributed by atoms with E-state index in [0.717, 1.165) is 55.3 Å². The van der Waals surface area contributed by atoms with E-state index in [-0.39, 0.29) is 0 Å². The Hall–Kier alpha value is -7.63. The lowest BCUT2D eigenvalue weighted by atomic mass is 10.0. The van der Waals surface area contributed by atoms with Crippen molar-refractivity contribution in [1.82, 2.24) is 19.5 Å². The quantitative estimate of drug-likeness (QED) is 0.172. The minimum absolute atomic E-state index is 0.602. The van der Waals surface area contributed by atoms with Gasteiger partial charge in [-0.15, -0.1) is 0 Å². The molecular formula is C51H32N4O. The van der Waals surface area contributed by atoms with Crippen LogP contribution in [0.3, 0.4) is 0 Å². The zero-order chi connectivity index (χ0) is 37.0. The normalized spacial score (nSPS) is 11.6. The van der Waals surface area contributed by atoms with Gasteiger partial charge in [-0.1, -0.05) is 140 Å². The first kappa shape index (κ1) is 31.9. The van der Waals surface area contributed by atoms with Crippen molar-refractivity contribution in [3.8, 4) is 62.1 Å². The maximum Gasteiger partial charge on any atom is 0.164 e. The monoisotopic (exact) mass is 716 g/mol. The highest BCUT2D eigenvalue weighted by atomic mass is 16.3. The van der Waals surface area contributed by atoms with Gasteiger partial charge in [-0.3, -0.25) is 0 Å². The Morgan fingerprint density at radius 3 is 1.29 bits per heavy atom. The summed E-state index contributed by atoms with van der Waals surface area (Å²) in [6.07, 6.45) is 0. The van der Waals surface area contributed by atoms with E-state index in [4.69, 9.17) is 19.4 Å². The summed E-state index contributed by atoms with van der Waals surface area (Å²) in [5, 5.41) is 4.41. The molecule has 0 saturated carbocycles. The summed E-state index contributed by atoms with van der Waals surface area (Å²) in [4.78, 5) is 15.0. The van der Waals surface area contributed by atoms with E-state index in [1.165, 1.54) is 33.0 Å². The van der Waals surface area contributed by atoms with Gasteiger partial charge in [0.25, 0.3) is 0 Å². The molecule has 0 aliphatic heterocycles. The molecule has 8 aromatic carbocycles. The molecule has 0 N–H and O–H groups in total. The third kappa shape index (κ3) is 5.37. The fourth-order valence-electron chi connectivity index (χ4n) is 7.97. The molecule has 0 unspecified atom stereocenters. The Morgan fingerprint density at radius 1 is 0.321 bits per heavy atom. The van der Waals surface area contributed by atoms with Crippen molar-refractivity contribution in [3.63, 3.8) is 0 Å².